The number of carbonyl (C=O) groups excluding carboxylic acids is 1. The van der Waals surface area contributed by atoms with Crippen molar-refractivity contribution in [1.29, 1.82) is 0 Å². The highest BCUT2D eigenvalue weighted by Crippen LogP contribution is 2.18. The van der Waals surface area contributed by atoms with Crippen molar-refractivity contribution in [3.05, 3.63) is 53.7 Å². The van der Waals surface area contributed by atoms with E-state index in [4.69, 9.17) is 5.14 Å². The van der Waals surface area contributed by atoms with Crippen molar-refractivity contribution in [2.24, 2.45) is 5.14 Å². The van der Waals surface area contributed by atoms with Crippen molar-refractivity contribution in [2.75, 3.05) is 45.2 Å². The molecule has 9 heteroatoms. The average molecular weight is 404 g/mol. The van der Waals surface area contributed by atoms with Gasteiger partial charge in [0.05, 0.1) is 4.90 Å². The Bertz CT molecular complexity index is 956. The standard InChI is InChI=1S/C19H25N5O3S/c1-22-10-12-24(13-11-22)18-9-5-7-16(21-18)19(25)23(2)14-15-6-3-4-8-17(15)28(20,26)27/h3-9H,10-14H2,1-2H3,(H2,20,26,27). The Labute approximate surface area is 165 Å². The molecule has 1 saturated heterocycles. The molecule has 28 heavy (non-hydrogen) atoms. The number of rotatable bonds is 5. The number of pyridine rings is 1. The number of hydrogen-bond acceptors (Lipinski definition) is 6. The lowest BCUT2D eigenvalue weighted by Crippen LogP contribution is -2.45. The van der Waals surface area contributed by atoms with E-state index in [1.54, 1.807) is 31.3 Å². The van der Waals surface area contributed by atoms with E-state index in [9.17, 15) is 13.2 Å². The van der Waals surface area contributed by atoms with E-state index in [2.05, 4.69) is 21.8 Å². The van der Waals surface area contributed by atoms with Gasteiger partial charge in [0.25, 0.3) is 5.91 Å². The Hall–Kier alpha value is -2.49. The number of carbonyl (C=O) groups is 1. The Morgan fingerprint density at radius 1 is 1.11 bits per heavy atom. The maximum Gasteiger partial charge on any atom is 0.272 e. The molecular weight excluding hydrogens is 378 g/mol. The lowest BCUT2D eigenvalue weighted by molar-refractivity contribution is 0.0778. The van der Waals surface area contributed by atoms with E-state index in [1.807, 2.05) is 12.1 Å². The second kappa shape index (κ2) is 8.26. The van der Waals surface area contributed by atoms with E-state index >= 15 is 0 Å². The zero-order chi connectivity index (χ0) is 20.3. The van der Waals surface area contributed by atoms with Gasteiger partial charge in [-0.2, -0.15) is 0 Å². The Morgan fingerprint density at radius 2 is 1.79 bits per heavy atom. The fraction of sp³-hybridized carbons (Fsp3) is 0.368. The summed E-state index contributed by atoms with van der Waals surface area (Å²) in [6.07, 6.45) is 0. The van der Waals surface area contributed by atoms with Crippen molar-refractivity contribution in [3.63, 3.8) is 0 Å². The summed E-state index contributed by atoms with van der Waals surface area (Å²) < 4.78 is 23.5. The summed E-state index contributed by atoms with van der Waals surface area (Å²) in [6.45, 7) is 3.73. The molecule has 2 aromatic rings. The van der Waals surface area contributed by atoms with Crippen LogP contribution in [-0.2, 0) is 16.6 Å². The molecule has 1 aromatic heterocycles. The smallest absolute Gasteiger partial charge is 0.272 e. The van der Waals surface area contributed by atoms with Crippen molar-refractivity contribution < 1.29 is 13.2 Å². The second-order valence-corrected chi connectivity index (χ2v) is 8.52. The summed E-state index contributed by atoms with van der Waals surface area (Å²) >= 11 is 0. The van der Waals surface area contributed by atoms with E-state index in [1.165, 1.54) is 11.0 Å². The van der Waals surface area contributed by atoms with Crippen LogP contribution < -0.4 is 10.0 Å². The number of likely N-dealkylation sites (N-methyl/N-ethyl adjacent to an activating group) is 1. The first kappa shape index (κ1) is 20.2. The average Bonchev–Trinajstić information content (AvgIpc) is 2.67. The fourth-order valence-electron chi connectivity index (χ4n) is 3.19. The first-order chi connectivity index (χ1) is 13.3. The van der Waals surface area contributed by atoms with Crippen molar-refractivity contribution in [1.82, 2.24) is 14.8 Å². The van der Waals surface area contributed by atoms with Gasteiger partial charge in [0, 0.05) is 39.8 Å². The maximum absolute atomic E-state index is 12.9. The van der Waals surface area contributed by atoms with Crippen molar-refractivity contribution in [3.8, 4) is 0 Å². The molecule has 0 unspecified atom stereocenters. The molecule has 1 fully saturated rings. The molecule has 1 aliphatic rings. The number of aromatic nitrogens is 1. The van der Waals surface area contributed by atoms with Gasteiger partial charge < -0.3 is 14.7 Å². The Kier molecular flexibility index (Phi) is 5.97. The van der Waals surface area contributed by atoms with Crippen molar-refractivity contribution >= 4 is 21.7 Å². The van der Waals surface area contributed by atoms with E-state index in [0.717, 1.165) is 32.0 Å². The normalized spacial score (nSPS) is 15.5. The largest absolute Gasteiger partial charge is 0.354 e. The third-order valence-corrected chi connectivity index (χ3v) is 5.83. The SMILES string of the molecule is CN1CCN(c2cccc(C(=O)N(C)Cc3ccccc3S(N)(=O)=O)n2)CC1. The Morgan fingerprint density at radius 3 is 2.46 bits per heavy atom. The van der Waals surface area contributed by atoms with E-state index in [0.29, 0.717) is 11.3 Å². The first-order valence-electron chi connectivity index (χ1n) is 9.02. The Balaban J connectivity index is 1.77. The quantitative estimate of drug-likeness (QED) is 0.791. The molecule has 1 aromatic carbocycles. The molecule has 0 radical (unpaired) electrons. The molecule has 1 aliphatic heterocycles. The van der Waals surface area contributed by atoms with Gasteiger partial charge in [-0.25, -0.2) is 18.5 Å². The van der Waals surface area contributed by atoms with Gasteiger partial charge >= 0.3 is 0 Å². The first-order valence-corrected chi connectivity index (χ1v) is 10.6. The van der Waals surface area contributed by atoms with Crippen LogP contribution in [0.2, 0.25) is 0 Å². The van der Waals surface area contributed by atoms with Gasteiger partial charge in [-0.05, 0) is 30.8 Å². The zero-order valence-electron chi connectivity index (χ0n) is 16.1. The zero-order valence-corrected chi connectivity index (χ0v) is 16.9. The molecule has 8 nitrogen and oxygen atoms in total. The second-order valence-electron chi connectivity index (χ2n) is 6.99. The predicted octanol–water partition coefficient (Wildman–Crippen LogP) is 0.753. The highest BCUT2D eigenvalue weighted by atomic mass is 32.2. The predicted molar refractivity (Wildman–Crippen MR) is 108 cm³/mol. The minimum absolute atomic E-state index is 0.0220. The molecule has 0 spiro atoms. The molecule has 1 amide bonds. The van der Waals surface area contributed by atoms with Crippen LogP contribution in [0.5, 0.6) is 0 Å². The van der Waals surface area contributed by atoms with Gasteiger partial charge in [0.1, 0.15) is 11.5 Å². The van der Waals surface area contributed by atoms with Crippen LogP contribution in [0.1, 0.15) is 16.1 Å². The summed E-state index contributed by atoms with van der Waals surface area (Å²) in [7, 11) is -0.160. The molecular formula is C19H25N5O3S. The highest BCUT2D eigenvalue weighted by Gasteiger charge is 2.20. The number of amides is 1. The van der Waals surface area contributed by atoms with E-state index in [-0.39, 0.29) is 17.3 Å². The molecule has 150 valence electrons. The highest BCUT2D eigenvalue weighted by molar-refractivity contribution is 7.89. The minimum Gasteiger partial charge on any atom is -0.354 e. The van der Waals surface area contributed by atoms with Gasteiger partial charge in [-0.3, -0.25) is 4.79 Å². The fourth-order valence-corrected chi connectivity index (χ4v) is 3.96. The van der Waals surface area contributed by atoms with Crippen LogP contribution in [0.15, 0.2) is 47.4 Å². The molecule has 0 saturated carbocycles. The van der Waals surface area contributed by atoms with Crippen LogP contribution >= 0.6 is 0 Å². The number of anilines is 1. The van der Waals surface area contributed by atoms with E-state index < -0.39 is 10.0 Å². The summed E-state index contributed by atoms with van der Waals surface area (Å²) in [5, 5.41) is 5.28. The molecule has 2 N–H and O–H groups in total. The number of piperazine rings is 1. The number of nitrogens with two attached hydrogens (primary N) is 1. The summed E-state index contributed by atoms with van der Waals surface area (Å²) in [4.78, 5) is 23.3. The molecule has 0 aliphatic carbocycles. The third kappa shape index (κ3) is 4.67. The third-order valence-electron chi connectivity index (χ3n) is 4.81. The molecule has 3 rings (SSSR count). The van der Waals surface area contributed by atoms with Crippen molar-refractivity contribution in [2.45, 2.75) is 11.4 Å². The van der Waals surface area contributed by atoms with Gasteiger partial charge in [-0.1, -0.05) is 24.3 Å². The summed E-state index contributed by atoms with van der Waals surface area (Å²) in [6, 6.07) is 11.8. The molecule has 0 atom stereocenters. The number of sulfonamides is 1. The lowest BCUT2D eigenvalue weighted by atomic mass is 10.2. The van der Waals surface area contributed by atoms with Gasteiger partial charge in [0.2, 0.25) is 10.0 Å². The molecule has 2 heterocycles. The van der Waals surface area contributed by atoms with Crippen LogP contribution in [-0.4, -0.2) is 69.4 Å². The van der Waals surface area contributed by atoms with Gasteiger partial charge in [-0.15, -0.1) is 0 Å². The number of primary sulfonamides is 1. The van der Waals surface area contributed by atoms with Crippen LogP contribution in [0.25, 0.3) is 0 Å². The topological polar surface area (TPSA) is 99.8 Å². The monoisotopic (exact) mass is 403 g/mol. The van der Waals surface area contributed by atoms with Crippen LogP contribution in [0.4, 0.5) is 5.82 Å². The minimum atomic E-state index is -3.86. The van der Waals surface area contributed by atoms with Gasteiger partial charge in [0.15, 0.2) is 0 Å². The van der Waals surface area contributed by atoms with Crippen LogP contribution in [0, 0.1) is 0 Å². The summed E-state index contributed by atoms with van der Waals surface area (Å²) in [5.74, 6) is 0.498. The lowest BCUT2D eigenvalue weighted by Gasteiger charge is -2.33. The molecule has 0 bridgehead atoms. The number of hydrogen-bond donors (Lipinski definition) is 1. The van der Waals surface area contributed by atoms with Crippen LogP contribution in [0.3, 0.4) is 0 Å². The summed E-state index contributed by atoms with van der Waals surface area (Å²) in [5.41, 5.74) is 0.795. The number of benzene rings is 1. The number of nitrogens with zero attached hydrogens (tertiary/aromatic N) is 4. The maximum atomic E-state index is 12.9.